The number of halogens is 2. The van der Waals surface area contributed by atoms with Crippen molar-refractivity contribution in [2.24, 2.45) is 23.7 Å². The Balaban J connectivity index is 1.57. The van der Waals surface area contributed by atoms with Crippen LogP contribution in [0.3, 0.4) is 0 Å². The van der Waals surface area contributed by atoms with E-state index in [0.717, 1.165) is 25.9 Å². The molecule has 0 aromatic carbocycles. The molecule has 0 radical (unpaired) electrons. The lowest BCUT2D eigenvalue weighted by Gasteiger charge is -2.28. The van der Waals surface area contributed by atoms with E-state index in [2.05, 4.69) is 31.9 Å². The molecule has 4 aliphatic rings. The molecule has 0 spiro atoms. The van der Waals surface area contributed by atoms with E-state index >= 15 is 0 Å². The first-order valence-corrected chi connectivity index (χ1v) is 9.17. The number of likely N-dealkylation sites (tertiary alicyclic amines) is 1. The van der Waals surface area contributed by atoms with E-state index < -0.39 is 0 Å². The van der Waals surface area contributed by atoms with Crippen LogP contribution < -0.4 is 0 Å². The van der Waals surface area contributed by atoms with Gasteiger partial charge in [0.2, 0.25) is 11.8 Å². The fourth-order valence-corrected chi connectivity index (χ4v) is 6.46. The summed E-state index contributed by atoms with van der Waals surface area (Å²) in [5, 5.41) is 0. The van der Waals surface area contributed by atoms with Gasteiger partial charge < -0.3 is 4.74 Å². The van der Waals surface area contributed by atoms with Crippen LogP contribution in [0.5, 0.6) is 0 Å². The quantitative estimate of drug-likeness (QED) is 0.520. The van der Waals surface area contributed by atoms with E-state index in [4.69, 9.17) is 4.74 Å². The zero-order valence-corrected chi connectivity index (χ0v) is 14.2. The molecule has 0 aromatic rings. The van der Waals surface area contributed by atoms with Gasteiger partial charge in [-0.25, -0.2) is 0 Å². The molecule has 2 aliphatic carbocycles. The summed E-state index contributed by atoms with van der Waals surface area (Å²) in [4.78, 5) is 27.4. The van der Waals surface area contributed by atoms with E-state index in [9.17, 15) is 9.59 Å². The molecular weight excluding hydrogens is 390 g/mol. The smallest absolute Gasteiger partial charge is 0.233 e. The minimum absolute atomic E-state index is 0.0480. The predicted octanol–water partition coefficient (Wildman–Crippen LogP) is 1.94. The van der Waals surface area contributed by atoms with Crippen molar-refractivity contribution in [3.63, 3.8) is 0 Å². The summed E-state index contributed by atoms with van der Waals surface area (Å²) in [5.41, 5.74) is 0. The number of hydrogen-bond acceptors (Lipinski definition) is 3. The minimum atomic E-state index is -0.0907. The number of amides is 2. The van der Waals surface area contributed by atoms with Gasteiger partial charge in [-0.15, -0.1) is 0 Å². The fraction of sp³-hybridized carbons (Fsp3) is 0.857. The van der Waals surface area contributed by atoms with Gasteiger partial charge in [-0.1, -0.05) is 31.9 Å². The minimum Gasteiger partial charge on any atom is -0.376 e. The standard InChI is InChI=1S/C14H17Br2NO3/c15-11-7-4-8(12(11)16)10-9(7)13(18)17(14(10)19)5-6-2-1-3-20-6/h6-12H,1-5H2/t6-,7-,8+,9+,10-,11+,12+/m0/s1. The number of nitrogens with zero attached hydrogens (tertiary/aromatic N) is 1. The largest absolute Gasteiger partial charge is 0.376 e. The number of carbonyl (C=O) groups is 2. The van der Waals surface area contributed by atoms with Gasteiger partial charge in [0.15, 0.2) is 0 Å². The van der Waals surface area contributed by atoms with Crippen LogP contribution >= 0.6 is 31.9 Å². The van der Waals surface area contributed by atoms with Crippen molar-refractivity contribution >= 4 is 43.7 Å². The van der Waals surface area contributed by atoms with Crippen LogP contribution in [-0.2, 0) is 14.3 Å². The van der Waals surface area contributed by atoms with Crippen molar-refractivity contribution in [3.05, 3.63) is 0 Å². The summed E-state index contributed by atoms with van der Waals surface area (Å²) in [5.74, 6) is 0.526. The molecule has 0 unspecified atom stereocenters. The van der Waals surface area contributed by atoms with E-state index in [1.165, 1.54) is 4.90 Å². The molecule has 6 heteroatoms. The third-order valence-electron chi connectivity index (χ3n) is 5.49. The van der Waals surface area contributed by atoms with Crippen molar-refractivity contribution in [1.29, 1.82) is 0 Å². The number of carbonyl (C=O) groups excluding carboxylic acids is 2. The lowest BCUT2D eigenvalue weighted by atomic mass is 9.81. The first-order chi connectivity index (χ1) is 9.59. The molecule has 0 N–H and O–H groups in total. The van der Waals surface area contributed by atoms with Gasteiger partial charge in [-0.2, -0.15) is 0 Å². The van der Waals surface area contributed by atoms with Crippen molar-refractivity contribution < 1.29 is 14.3 Å². The average Bonchev–Trinajstić information content (AvgIpc) is 3.15. The van der Waals surface area contributed by atoms with Gasteiger partial charge in [0, 0.05) is 16.3 Å². The topological polar surface area (TPSA) is 46.6 Å². The molecule has 0 aromatic heterocycles. The Morgan fingerprint density at radius 3 is 2.20 bits per heavy atom. The first-order valence-electron chi connectivity index (χ1n) is 7.34. The number of alkyl halides is 2. The second-order valence-electron chi connectivity index (χ2n) is 6.43. The molecule has 2 aliphatic heterocycles. The first kappa shape index (κ1) is 13.7. The van der Waals surface area contributed by atoms with Crippen LogP contribution in [0.1, 0.15) is 19.3 Å². The Morgan fingerprint density at radius 1 is 1.10 bits per heavy atom. The van der Waals surface area contributed by atoms with Crippen molar-refractivity contribution in [1.82, 2.24) is 4.90 Å². The Labute approximate surface area is 134 Å². The molecule has 2 saturated heterocycles. The maximum absolute atomic E-state index is 12.6. The summed E-state index contributed by atoms with van der Waals surface area (Å²) in [6.45, 7) is 1.22. The summed E-state index contributed by atoms with van der Waals surface area (Å²) >= 11 is 7.40. The van der Waals surface area contributed by atoms with Gasteiger partial charge in [0.25, 0.3) is 0 Å². The zero-order chi connectivity index (χ0) is 14.0. The van der Waals surface area contributed by atoms with Crippen LogP contribution in [0.15, 0.2) is 0 Å². The number of fused-ring (bicyclic) bond motifs is 5. The molecule has 2 saturated carbocycles. The van der Waals surface area contributed by atoms with Crippen molar-refractivity contribution in [3.8, 4) is 0 Å². The molecule has 4 nitrogen and oxygen atoms in total. The van der Waals surface area contributed by atoms with Crippen LogP contribution in [0.4, 0.5) is 0 Å². The van der Waals surface area contributed by atoms with Gasteiger partial charge >= 0.3 is 0 Å². The van der Waals surface area contributed by atoms with Gasteiger partial charge in [-0.3, -0.25) is 14.5 Å². The summed E-state index contributed by atoms with van der Waals surface area (Å²) in [6.07, 6.45) is 3.04. The number of rotatable bonds is 2. The molecule has 4 fully saturated rings. The third kappa shape index (κ3) is 1.73. The van der Waals surface area contributed by atoms with Crippen LogP contribution in [0, 0.1) is 23.7 Å². The maximum atomic E-state index is 12.6. The molecule has 7 atom stereocenters. The Hall–Kier alpha value is 0.0600. The SMILES string of the molecule is O=C1[C@@H]2[C@@H]3C[C@@H]([C@@H](Br)[C@@H]3Br)[C@@H]2C(=O)N1C[C@@H]1CCCO1. The highest BCUT2D eigenvalue weighted by atomic mass is 79.9. The third-order valence-corrected chi connectivity index (χ3v) is 8.70. The lowest BCUT2D eigenvalue weighted by Crippen LogP contribution is -2.38. The lowest BCUT2D eigenvalue weighted by molar-refractivity contribution is -0.142. The Bertz CT molecular complexity index is 433. The summed E-state index contributed by atoms with van der Waals surface area (Å²) in [7, 11) is 0. The highest BCUT2D eigenvalue weighted by molar-refractivity contribution is 9.12. The molecule has 2 bridgehead atoms. The Morgan fingerprint density at radius 2 is 1.70 bits per heavy atom. The maximum Gasteiger partial charge on any atom is 0.233 e. The van der Waals surface area contributed by atoms with E-state index in [1.807, 2.05) is 0 Å². The number of hydrogen-bond donors (Lipinski definition) is 0. The van der Waals surface area contributed by atoms with Gasteiger partial charge in [0.05, 0.1) is 24.5 Å². The molecule has 20 heavy (non-hydrogen) atoms. The summed E-state index contributed by atoms with van der Waals surface area (Å²) in [6, 6.07) is 0. The second-order valence-corrected chi connectivity index (χ2v) is 8.54. The van der Waals surface area contributed by atoms with Gasteiger partial charge in [0.1, 0.15) is 0 Å². The molecule has 2 amide bonds. The highest BCUT2D eigenvalue weighted by Gasteiger charge is 2.66. The molecule has 110 valence electrons. The fourth-order valence-electron chi connectivity index (χ4n) is 4.58. The Kier molecular flexibility index (Phi) is 3.28. The predicted molar refractivity (Wildman–Crippen MR) is 79.7 cm³/mol. The summed E-state index contributed by atoms with van der Waals surface area (Å²) < 4.78 is 5.58. The molecule has 2 heterocycles. The van der Waals surface area contributed by atoms with E-state index in [0.29, 0.717) is 28.0 Å². The molecule has 4 rings (SSSR count). The van der Waals surface area contributed by atoms with Crippen molar-refractivity contribution in [2.75, 3.05) is 13.2 Å². The van der Waals surface area contributed by atoms with Crippen LogP contribution in [0.2, 0.25) is 0 Å². The number of imide groups is 1. The normalized spacial score (nSPS) is 50.3. The number of ether oxygens (including phenoxy) is 1. The van der Waals surface area contributed by atoms with Gasteiger partial charge in [-0.05, 0) is 31.1 Å². The zero-order valence-electron chi connectivity index (χ0n) is 11.0. The van der Waals surface area contributed by atoms with Crippen molar-refractivity contribution in [2.45, 2.75) is 35.0 Å². The van der Waals surface area contributed by atoms with Crippen LogP contribution in [0.25, 0.3) is 0 Å². The van der Waals surface area contributed by atoms with Crippen LogP contribution in [-0.4, -0.2) is 45.6 Å². The van der Waals surface area contributed by atoms with E-state index in [-0.39, 0.29) is 29.8 Å². The monoisotopic (exact) mass is 405 g/mol. The van der Waals surface area contributed by atoms with E-state index in [1.54, 1.807) is 0 Å². The molecular formula is C14H17Br2NO3. The second kappa shape index (κ2) is 4.78. The highest BCUT2D eigenvalue weighted by Crippen LogP contribution is 2.60. The average molecular weight is 407 g/mol.